The number of rotatable bonds is 6. The first-order chi connectivity index (χ1) is 11.1. The minimum atomic E-state index is 0.170. The maximum absolute atomic E-state index is 11.7. The SMILES string of the molecule is Cc1cc(C)n(-c2ccc(NCCNC(=O)C3CCC3)nn2)n1. The number of anilines is 1. The lowest BCUT2D eigenvalue weighted by Gasteiger charge is -2.24. The molecule has 1 fully saturated rings. The van der Waals surface area contributed by atoms with Crippen LogP contribution in [0.5, 0.6) is 0 Å². The standard InChI is InChI=1S/C16H22N6O/c1-11-10-12(2)22(21-11)15-7-6-14(19-20-15)17-8-9-18-16(23)13-4-3-5-13/h6-7,10,13H,3-5,8-9H2,1-2H3,(H,17,19)(H,18,23). The van der Waals surface area contributed by atoms with Crippen molar-refractivity contribution in [2.24, 2.45) is 5.92 Å². The Kier molecular flexibility index (Phi) is 4.55. The molecule has 0 aliphatic heterocycles. The summed E-state index contributed by atoms with van der Waals surface area (Å²) >= 11 is 0. The number of hydrogen-bond donors (Lipinski definition) is 2. The minimum Gasteiger partial charge on any atom is -0.367 e. The second-order valence-corrected chi connectivity index (χ2v) is 5.96. The molecule has 2 aromatic rings. The smallest absolute Gasteiger partial charge is 0.223 e. The molecule has 0 unspecified atom stereocenters. The van der Waals surface area contributed by atoms with Crippen LogP contribution >= 0.6 is 0 Å². The van der Waals surface area contributed by atoms with Crippen molar-refractivity contribution < 1.29 is 4.79 Å². The van der Waals surface area contributed by atoms with E-state index in [1.165, 1.54) is 6.42 Å². The first-order valence-corrected chi connectivity index (χ1v) is 8.02. The second-order valence-electron chi connectivity index (χ2n) is 5.96. The molecular weight excluding hydrogens is 292 g/mol. The van der Waals surface area contributed by atoms with Crippen molar-refractivity contribution in [2.75, 3.05) is 18.4 Å². The van der Waals surface area contributed by atoms with Crippen molar-refractivity contribution in [2.45, 2.75) is 33.1 Å². The molecule has 0 spiro atoms. The van der Waals surface area contributed by atoms with E-state index in [9.17, 15) is 4.79 Å². The third-order valence-corrected chi connectivity index (χ3v) is 4.08. The van der Waals surface area contributed by atoms with Crippen LogP contribution in [0.25, 0.3) is 5.82 Å². The fourth-order valence-electron chi connectivity index (χ4n) is 2.58. The number of aryl methyl sites for hydroxylation is 2. The Morgan fingerprint density at radius 1 is 1.26 bits per heavy atom. The molecule has 122 valence electrons. The quantitative estimate of drug-likeness (QED) is 0.791. The highest BCUT2D eigenvalue weighted by Crippen LogP contribution is 2.25. The number of amides is 1. The van der Waals surface area contributed by atoms with Crippen LogP contribution in [0.4, 0.5) is 5.82 Å². The van der Waals surface area contributed by atoms with Gasteiger partial charge in [-0.15, -0.1) is 10.2 Å². The number of nitrogens with one attached hydrogen (secondary N) is 2. The average Bonchev–Trinajstić information content (AvgIpc) is 2.81. The molecular formula is C16H22N6O. The van der Waals surface area contributed by atoms with Crippen molar-refractivity contribution >= 4 is 11.7 Å². The molecule has 1 saturated carbocycles. The van der Waals surface area contributed by atoms with E-state index in [0.717, 1.165) is 24.2 Å². The molecule has 2 N–H and O–H groups in total. The van der Waals surface area contributed by atoms with Gasteiger partial charge in [-0.05, 0) is 44.9 Å². The first-order valence-electron chi connectivity index (χ1n) is 8.02. The van der Waals surface area contributed by atoms with Crippen LogP contribution in [-0.2, 0) is 4.79 Å². The van der Waals surface area contributed by atoms with Gasteiger partial charge in [0.1, 0.15) is 5.82 Å². The minimum absolute atomic E-state index is 0.170. The maximum atomic E-state index is 11.7. The third-order valence-electron chi connectivity index (χ3n) is 4.08. The monoisotopic (exact) mass is 314 g/mol. The zero-order valence-corrected chi connectivity index (χ0v) is 13.5. The lowest BCUT2D eigenvalue weighted by Crippen LogP contribution is -2.36. The normalized spacial score (nSPS) is 14.3. The van der Waals surface area contributed by atoms with E-state index in [1.54, 1.807) is 4.68 Å². The maximum Gasteiger partial charge on any atom is 0.223 e. The Labute approximate surface area is 135 Å². The van der Waals surface area contributed by atoms with Crippen molar-refractivity contribution in [3.63, 3.8) is 0 Å². The highest BCUT2D eigenvalue weighted by Gasteiger charge is 2.24. The Bertz CT molecular complexity index is 674. The van der Waals surface area contributed by atoms with E-state index in [0.29, 0.717) is 24.7 Å². The zero-order chi connectivity index (χ0) is 16.2. The van der Waals surface area contributed by atoms with Crippen LogP contribution in [0.15, 0.2) is 18.2 Å². The lowest BCUT2D eigenvalue weighted by atomic mass is 9.85. The topological polar surface area (TPSA) is 84.7 Å². The molecule has 0 saturated heterocycles. The molecule has 0 atom stereocenters. The van der Waals surface area contributed by atoms with Gasteiger partial charge in [0.15, 0.2) is 5.82 Å². The van der Waals surface area contributed by atoms with Crippen molar-refractivity contribution in [1.29, 1.82) is 0 Å². The molecule has 1 aliphatic carbocycles. The average molecular weight is 314 g/mol. The largest absolute Gasteiger partial charge is 0.367 e. The summed E-state index contributed by atoms with van der Waals surface area (Å²) in [6.45, 7) is 5.16. The van der Waals surface area contributed by atoms with E-state index in [2.05, 4.69) is 25.9 Å². The molecule has 2 heterocycles. The predicted octanol–water partition coefficient (Wildman–Crippen LogP) is 1.61. The molecule has 2 aromatic heterocycles. The molecule has 0 radical (unpaired) electrons. The van der Waals surface area contributed by atoms with Crippen molar-refractivity contribution in [1.82, 2.24) is 25.3 Å². The van der Waals surface area contributed by atoms with E-state index < -0.39 is 0 Å². The number of nitrogens with zero attached hydrogens (tertiary/aromatic N) is 4. The predicted molar refractivity (Wildman–Crippen MR) is 87.5 cm³/mol. The van der Waals surface area contributed by atoms with Gasteiger partial charge >= 0.3 is 0 Å². The molecule has 1 aliphatic rings. The van der Waals surface area contributed by atoms with Gasteiger partial charge in [0.2, 0.25) is 5.91 Å². The van der Waals surface area contributed by atoms with Crippen LogP contribution in [0.2, 0.25) is 0 Å². The van der Waals surface area contributed by atoms with Crippen LogP contribution in [0.3, 0.4) is 0 Å². The van der Waals surface area contributed by atoms with E-state index in [-0.39, 0.29) is 11.8 Å². The van der Waals surface area contributed by atoms with Crippen LogP contribution < -0.4 is 10.6 Å². The van der Waals surface area contributed by atoms with Gasteiger partial charge < -0.3 is 10.6 Å². The fraction of sp³-hybridized carbons (Fsp3) is 0.500. The second kappa shape index (κ2) is 6.76. The Hall–Kier alpha value is -2.44. The summed E-state index contributed by atoms with van der Waals surface area (Å²) in [7, 11) is 0. The van der Waals surface area contributed by atoms with Crippen LogP contribution in [0, 0.1) is 19.8 Å². The highest BCUT2D eigenvalue weighted by molar-refractivity contribution is 5.79. The highest BCUT2D eigenvalue weighted by atomic mass is 16.1. The molecule has 7 nitrogen and oxygen atoms in total. The molecule has 1 amide bonds. The summed E-state index contributed by atoms with van der Waals surface area (Å²) in [6, 6.07) is 5.74. The van der Waals surface area contributed by atoms with Gasteiger partial charge in [0.25, 0.3) is 0 Å². The van der Waals surface area contributed by atoms with Crippen molar-refractivity contribution in [3.8, 4) is 5.82 Å². The number of carbonyl (C=O) groups excluding carboxylic acids is 1. The van der Waals surface area contributed by atoms with Gasteiger partial charge in [0.05, 0.1) is 5.69 Å². The third kappa shape index (κ3) is 3.67. The van der Waals surface area contributed by atoms with Gasteiger partial charge in [-0.3, -0.25) is 4.79 Å². The van der Waals surface area contributed by atoms with E-state index in [1.807, 2.05) is 32.0 Å². The molecule has 3 rings (SSSR count). The van der Waals surface area contributed by atoms with Gasteiger partial charge in [-0.1, -0.05) is 6.42 Å². The van der Waals surface area contributed by atoms with Crippen LogP contribution in [0.1, 0.15) is 30.7 Å². The Morgan fingerprint density at radius 2 is 2.09 bits per heavy atom. The molecule has 23 heavy (non-hydrogen) atoms. The van der Waals surface area contributed by atoms with Crippen molar-refractivity contribution in [3.05, 3.63) is 29.6 Å². The van der Waals surface area contributed by atoms with E-state index >= 15 is 0 Å². The number of aromatic nitrogens is 4. The van der Waals surface area contributed by atoms with E-state index in [4.69, 9.17) is 0 Å². The summed E-state index contributed by atoms with van der Waals surface area (Å²) in [5.41, 5.74) is 1.98. The van der Waals surface area contributed by atoms with Gasteiger partial charge in [-0.25, -0.2) is 4.68 Å². The Morgan fingerprint density at radius 3 is 2.65 bits per heavy atom. The first kappa shape index (κ1) is 15.5. The summed E-state index contributed by atoms with van der Waals surface area (Å²) in [6.07, 6.45) is 3.23. The lowest BCUT2D eigenvalue weighted by molar-refractivity contribution is -0.127. The Balaban J connectivity index is 1.48. The summed E-state index contributed by atoms with van der Waals surface area (Å²) in [5.74, 6) is 1.78. The van der Waals surface area contributed by atoms with Crippen LogP contribution in [-0.4, -0.2) is 39.0 Å². The molecule has 0 aromatic carbocycles. The molecule has 0 bridgehead atoms. The molecule has 7 heteroatoms. The number of hydrogen-bond acceptors (Lipinski definition) is 5. The fourth-order valence-corrected chi connectivity index (χ4v) is 2.58. The van der Waals surface area contributed by atoms with Gasteiger partial charge in [-0.2, -0.15) is 5.10 Å². The van der Waals surface area contributed by atoms with Gasteiger partial charge in [0, 0.05) is 24.7 Å². The summed E-state index contributed by atoms with van der Waals surface area (Å²) in [4.78, 5) is 11.7. The summed E-state index contributed by atoms with van der Waals surface area (Å²) in [5, 5.41) is 18.8. The number of carbonyl (C=O) groups is 1. The summed E-state index contributed by atoms with van der Waals surface area (Å²) < 4.78 is 1.77. The zero-order valence-electron chi connectivity index (χ0n) is 13.5.